The van der Waals surface area contributed by atoms with Gasteiger partial charge in [-0.05, 0) is 31.5 Å². The molecule has 0 aliphatic heterocycles. The Kier molecular flexibility index (Phi) is 4.68. The topological polar surface area (TPSA) is 65.9 Å². The molecule has 4 nitrogen and oxygen atoms in total. The van der Waals surface area contributed by atoms with Crippen LogP contribution in [-0.4, -0.2) is 17.6 Å². The number of H-pyrrole nitrogens is 1. The highest BCUT2D eigenvalue weighted by molar-refractivity contribution is 7.71. The molecule has 0 atom stereocenters. The van der Waals surface area contributed by atoms with Gasteiger partial charge in [-0.25, -0.2) is 9.18 Å². The molecule has 0 fully saturated rings. The Bertz CT molecular complexity index is 837. The van der Waals surface area contributed by atoms with Gasteiger partial charge < -0.3 is 9.72 Å². The minimum absolute atomic E-state index is 0.122. The molecule has 0 amide bonds. The Labute approximate surface area is 132 Å². The van der Waals surface area contributed by atoms with E-state index in [1.54, 1.807) is 26.0 Å². The van der Waals surface area contributed by atoms with Crippen LogP contribution in [0.25, 0.3) is 11.3 Å². The monoisotopic (exact) mass is 316 g/mol. The van der Waals surface area contributed by atoms with Gasteiger partial charge in [0.1, 0.15) is 16.5 Å². The van der Waals surface area contributed by atoms with Gasteiger partial charge in [0.05, 0.1) is 23.4 Å². The normalized spacial score (nSPS) is 10.1. The maximum Gasteiger partial charge on any atom is 0.340 e. The zero-order valence-corrected chi connectivity index (χ0v) is 12.9. The van der Waals surface area contributed by atoms with Crippen molar-refractivity contribution in [1.82, 2.24) is 4.98 Å². The van der Waals surface area contributed by atoms with Gasteiger partial charge in [0.15, 0.2) is 0 Å². The number of nitriles is 1. The summed E-state index contributed by atoms with van der Waals surface area (Å²) in [5.74, 6) is -1.12. The predicted molar refractivity (Wildman–Crippen MR) is 82.4 cm³/mol. The lowest BCUT2D eigenvalue weighted by molar-refractivity contribution is 0.0526. The van der Waals surface area contributed by atoms with Crippen LogP contribution in [0.5, 0.6) is 0 Å². The number of hydrogen-bond donors (Lipinski definition) is 1. The Balaban J connectivity index is 2.84. The van der Waals surface area contributed by atoms with Gasteiger partial charge in [0.2, 0.25) is 0 Å². The smallest absolute Gasteiger partial charge is 0.340 e. The second-order valence-electron chi connectivity index (χ2n) is 4.52. The molecule has 1 aromatic heterocycles. The summed E-state index contributed by atoms with van der Waals surface area (Å²) in [6.45, 7) is 3.44. The quantitative estimate of drug-likeness (QED) is 0.689. The van der Waals surface area contributed by atoms with Gasteiger partial charge in [-0.1, -0.05) is 24.4 Å². The van der Waals surface area contributed by atoms with Crippen molar-refractivity contribution in [2.45, 2.75) is 13.8 Å². The molecule has 0 radical (unpaired) electrons. The lowest BCUT2D eigenvalue weighted by Gasteiger charge is -2.14. The maximum absolute atomic E-state index is 14.1. The fourth-order valence-electron chi connectivity index (χ4n) is 2.18. The first-order valence-corrected chi connectivity index (χ1v) is 7.01. The number of ether oxygens (including phenoxy) is 1. The van der Waals surface area contributed by atoms with Crippen molar-refractivity contribution in [1.29, 1.82) is 5.26 Å². The average Bonchev–Trinajstić information content (AvgIpc) is 2.47. The average molecular weight is 316 g/mol. The molecule has 2 rings (SSSR count). The van der Waals surface area contributed by atoms with E-state index in [-0.39, 0.29) is 33.6 Å². The third kappa shape index (κ3) is 2.76. The van der Waals surface area contributed by atoms with E-state index in [0.29, 0.717) is 5.56 Å². The highest BCUT2D eigenvalue weighted by Gasteiger charge is 2.22. The summed E-state index contributed by atoms with van der Waals surface area (Å²) in [5.41, 5.74) is 1.10. The number of carbonyl (C=O) groups is 1. The third-order valence-electron chi connectivity index (χ3n) is 3.20. The molecule has 22 heavy (non-hydrogen) atoms. The molecular weight excluding hydrogens is 303 g/mol. The highest BCUT2D eigenvalue weighted by Crippen LogP contribution is 2.29. The van der Waals surface area contributed by atoms with Crippen molar-refractivity contribution in [3.05, 3.63) is 51.4 Å². The van der Waals surface area contributed by atoms with Crippen molar-refractivity contribution < 1.29 is 13.9 Å². The summed E-state index contributed by atoms with van der Waals surface area (Å²) in [6, 6.07) is 7.98. The van der Waals surface area contributed by atoms with Gasteiger partial charge >= 0.3 is 5.97 Å². The highest BCUT2D eigenvalue weighted by atomic mass is 32.1. The van der Waals surface area contributed by atoms with Crippen LogP contribution in [-0.2, 0) is 4.74 Å². The summed E-state index contributed by atoms with van der Waals surface area (Å²) >= 11 is 5.13. The zero-order chi connectivity index (χ0) is 16.3. The van der Waals surface area contributed by atoms with Crippen molar-refractivity contribution >= 4 is 18.2 Å². The van der Waals surface area contributed by atoms with E-state index >= 15 is 0 Å². The van der Waals surface area contributed by atoms with Gasteiger partial charge in [-0.2, -0.15) is 5.26 Å². The fourth-order valence-corrected chi connectivity index (χ4v) is 2.48. The molecule has 0 saturated heterocycles. The summed E-state index contributed by atoms with van der Waals surface area (Å²) in [5, 5.41) is 9.19. The minimum atomic E-state index is -0.624. The Morgan fingerprint density at radius 3 is 2.73 bits per heavy atom. The fraction of sp³-hybridized carbons (Fsp3) is 0.188. The van der Waals surface area contributed by atoms with E-state index in [1.165, 1.54) is 12.1 Å². The molecule has 0 spiro atoms. The van der Waals surface area contributed by atoms with Crippen LogP contribution in [0.15, 0.2) is 24.3 Å². The second-order valence-corrected chi connectivity index (χ2v) is 4.92. The van der Waals surface area contributed by atoms with E-state index in [9.17, 15) is 14.4 Å². The van der Waals surface area contributed by atoms with E-state index in [1.807, 2.05) is 6.07 Å². The minimum Gasteiger partial charge on any atom is -0.462 e. The molecule has 1 heterocycles. The molecular formula is C16H13FN2O2S. The lowest BCUT2D eigenvalue weighted by Crippen LogP contribution is -2.12. The van der Waals surface area contributed by atoms with Crippen molar-refractivity contribution in [3.63, 3.8) is 0 Å². The van der Waals surface area contributed by atoms with Crippen LogP contribution in [0.4, 0.5) is 4.39 Å². The van der Waals surface area contributed by atoms with Gasteiger partial charge in [0, 0.05) is 5.56 Å². The van der Waals surface area contributed by atoms with Gasteiger partial charge in [-0.3, -0.25) is 0 Å². The Morgan fingerprint density at radius 1 is 1.45 bits per heavy atom. The third-order valence-corrected chi connectivity index (χ3v) is 3.51. The SMILES string of the molecule is CCOC(=O)c1c(-c2ccccc2F)[nH]c(=S)c(C#N)c1C. The van der Waals surface area contributed by atoms with Crippen LogP contribution in [0.1, 0.15) is 28.4 Å². The van der Waals surface area contributed by atoms with Crippen molar-refractivity contribution in [2.75, 3.05) is 6.61 Å². The lowest BCUT2D eigenvalue weighted by atomic mass is 9.98. The summed E-state index contributed by atoms with van der Waals surface area (Å²) < 4.78 is 19.3. The number of nitrogens with zero attached hydrogens (tertiary/aromatic N) is 1. The second kappa shape index (κ2) is 6.50. The Morgan fingerprint density at radius 2 is 2.14 bits per heavy atom. The van der Waals surface area contributed by atoms with E-state index < -0.39 is 11.8 Å². The number of pyridine rings is 1. The zero-order valence-electron chi connectivity index (χ0n) is 12.1. The number of hydrogen-bond acceptors (Lipinski definition) is 4. The standard InChI is InChI=1S/C16H13FN2O2S/c1-3-21-16(20)13-9(2)11(8-18)15(22)19-14(13)10-6-4-5-7-12(10)17/h4-7H,3H2,1-2H3,(H,19,22). The van der Waals surface area contributed by atoms with Crippen LogP contribution < -0.4 is 0 Å². The molecule has 112 valence electrons. The van der Waals surface area contributed by atoms with Crippen LogP contribution in [0.2, 0.25) is 0 Å². The summed E-state index contributed by atoms with van der Waals surface area (Å²) in [7, 11) is 0. The first-order chi connectivity index (χ1) is 10.5. The van der Waals surface area contributed by atoms with Crippen LogP contribution >= 0.6 is 12.2 Å². The van der Waals surface area contributed by atoms with Crippen LogP contribution in [0, 0.1) is 28.7 Å². The number of rotatable bonds is 3. The predicted octanol–water partition coefficient (Wildman–Crippen LogP) is 3.91. The summed E-state index contributed by atoms with van der Waals surface area (Å²) in [6.07, 6.45) is 0. The largest absolute Gasteiger partial charge is 0.462 e. The first kappa shape index (κ1) is 15.9. The van der Waals surface area contributed by atoms with E-state index in [0.717, 1.165) is 0 Å². The van der Waals surface area contributed by atoms with E-state index in [2.05, 4.69) is 4.98 Å². The molecule has 1 aromatic carbocycles. The van der Waals surface area contributed by atoms with E-state index in [4.69, 9.17) is 17.0 Å². The number of carbonyl (C=O) groups excluding carboxylic acids is 1. The van der Waals surface area contributed by atoms with Crippen molar-refractivity contribution in [2.24, 2.45) is 0 Å². The molecule has 2 aromatic rings. The number of esters is 1. The molecule has 0 saturated carbocycles. The number of halogens is 1. The number of aromatic nitrogens is 1. The summed E-state index contributed by atoms with van der Waals surface area (Å²) in [4.78, 5) is 15.0. The van der Waals surface area contributed by atoms with Gasteiger partial charge in [-0.15, -0.1) is 0 Å². The number of aromatic amines is 1. The van der Waals surface area contributed by atoms with Gasteiger partial charge in [0.25, 0.3) is 0 Å². The maximum atomic E-state index is 14.1. The van der Waals surface area contributed by atoms with Crippen LogP contribution in [0.3, 0.4) is 0 Å². The molecule has 0 aliphatic rings. The first-order valence-electron chi connectivity index (χ1n) is 6.60. The van der Waals surface area contributed by atoms with Crippen molar-refractivity contribution in [3.8, 4) is 17.3 Å². The molecule has 1 N–H and O–H groups in total. The Hall–Kier alpha value is -2.52. The number of nitrogens with one attached hydrogen (secondary N) is 1. The molecule has 0 aliphatic carbocycles. The molecule has 6 heteroatoms. The number of benzene rings is 1. The molecule has 0 bridgehead atoms. The molecule has 0 unspecified atom stereocenters.